The number of hydrogen-bond acceptors (Lipinski definition) is 4. The first-order chi connectivity index (χ1) is 6.69. The van der Waals surface area contributed by atoms with Gasteiger partial charge < -0.3 is 14.7 Å². The molecule has 5 heteroatoms. The van der Waals surface area contributed by atoms with Crippen LogP contribution in [0.3, 0.4) is 0 Å². The van der Waals surface area contributed by atoms with Crippen molar-refractivity contribution in [3.8, 4) is 11.5 Å². The van der Waals surface area contributed by atoms with Crippen LogP contribution in [0.4, 0.5) is 0 Å². The molecule has 0 amide bonds. The summed E-state index contributed by atoms with van der Waals surface area (Å²) in [5.41, 5.74) is 0.526. The number of benzene rings is 1. The van der Waals surface area contributed by atoms with Crippen LogP contribution in [0.1, 0.15) is 5.56 Å². The van der Waals surface area contributed by atoms with Crippen LogP contribution < -0.4 is 4.74 Å². The molecular weight excluding hydrogens is 250 g/mol. The highest BCUT2D eigenvalue weighted by Gasteiger charge is 2.07. The highest BCUT2D eigenvalue weighted by molar-refractivity contribution is 9.10. The van der Waals surface area contributed by atoms with Crippen LogP contribution >= 0.6 is 15.9 Å². The Kier molecular flexibility index (Phi) is 3.76. The minimum absolute atomic E-state index is 0.0384. The lowest BCUT2D eigenvalue weighted by molar-refractivity contribution is 0.215. The van der Waals surface area contributed by atoms with Crippen molar-refractivity contribution in [2.24, 2.45) is 5.16 Å². The Morgan fingerprint density at radius 1 is 1.43 bits per heavy atom. The van der Waals surface area contributed by atoms with Crippen LogP contribution in [0, 0.1) is 0 Å². The lowest BCUT2D eigenvalue weighted by Gasteiger charge is -2.06. The van der Waals surface area contributed by atoms with Gasteiger partial charge in [-0.05, 0) is 12.1 Å². The van der Waals surface area contributed by atoms with E-state index in [-0.39, 0.29) is 5.75 Å². The van der Waals surface area contributed by atoms with E-state index in [0.717, 1.165) is 4.47 Å². The van der Waals surface area contributed by atoms with Crippen molar-refractivity contribution in [2.45, 2.75) is 0 Å². The number of halogens is 1. The fraction of sp³-hybridized carbons (Fsp3) is 0.222. The number of methoxy groups -OCH3 is 1. The third-order valence-electron chi connectivity index (χ3n) is 1.59. The molecule has 0 fully saturated rings. The molecule has 0 saturated carbocycles. The molecule has 0 saturated heterocycles. The van der Waals surface area contributed by atoms with E-state index in [4.69, 9.17) is 4.74 Å². The van der Waals surface area contributed by atoms with Crippen LogP contribution in [0.5, 0.6) is 11.5 Å². The zero-order chi connectivity index (χ0) is 10.6. The van der Waals surface area contributed by atoms with Gasteiger partial charge >= 0.3 is 0 Å². The topological polar surface area (TPSA) is 51.0 Å². The summed E-state index contributed by atoms with van der Waals surface area (Å²) >= 11 is 3.29. The lowest BCUT2D eigenvalue weighted by Crippen LogP contribution is -1.89. The summed E-state index contributed by atoms with van der Waals surface area (Å²) in [7, 11) is 2.92. The monoisotopic (exact) mass is 259 g/mol. The van der Waals surface area contributed by atoms with Gasteiger partial charge in [-0.2, -0.15) is 0 Å². The molecule has 14 heavy (non-hydrogen) atoms. The summed E-state index contributed by atoms with van der Waals surface area (Å²) in [6.45, 7) is 0. The van der Waals surface area contributed by atoms with Gasteiger partial charge in [0.25, 0.3) is 0 Å². The Morgan fingerprint density at radius 2 is 2.14 bits per heavy atom. The van der Waals surface area contributed by atoms with Crippen LogP contribution in [-0.2, 0) is 4.84 Å². The second kappa shape index (κ2) is 4.85. The van der Waals surface area contributed by atoms with Crippen LogP contribution in [-0.4, -0.2) is 25.5 Å². The Labute approximate surface area is 90.3 Å². The van der Waals surface area contributed by atoms with Crippen molar-refractivity contribution in [3.63, 3.8) is 0 Å². The predicted molar refractivity (Wildman–Crippen MR) is 57.0 cm³/mol. The van der Waals surface area contributed by atoms with Crippen molar-refractivity contribution in [2.75, 3.05) is 14.2 Å². The molecule has 1 aromatic rings. The highest BCUT2D eigenvalue weighted by atomic mass is 79.9. The molecule has 1 N–H and O–H groups in total. The van der Waals surface area contributed by atoms with Crippen molar-refractivity contribution in [1.29, 1.82) is 0 Å². The molecule has 1 rings (SSSR count). The number of rotatable bonds is 3. The van der Waals surface area contributed by atoms with Gasteiger partial charge in [-0.1, -0.05) is 21.1 Å². The Hall–Kier alpha value is -1.23. The number of phenols is 1. The molecular formula is C9H10BrNO3. The zero-order valence-corrected chi connectivity index (χ0v) is 9.41. The van der Waals surface area contributed by atoms with Gasteiger partial charge in [0, 0.05) is 10.0 Å². The van der Waals surface area contributed by atoms with Gasteiger partial charge in [-0.25, -0.2) is 0 Å². The third-order valence-corrected chi connectivity index (χ3v) is 2.04. The maximum Gasteiger partial charge on any atom is 0.166 e. The zero-order valence-electron chi connectivity index (χ0n) is 7.82. The number of hydrogen-bond donors (Lipinski definition) is 1. The quantitative estimate of drug-likeness (QED) is 0.669. The molecule has 0 aliphatic carbocycles. The fourth-order valence-corrected chi connectivity index (χ4v) is 1.41. The second-order valence-corrected chi connectivity index (χ2v) is 3.38. The Balaban J connectivity index is 3.15. The van der Waals surface area contributed by atoms with Gasteiger partial charge in [0.15, 0.2) is 11.5 Å². The third kappa shape index (κ3) is 2.38. The molecule has 0 aromatic heterocycles. The molecule has 0 radical (unpaired) electrons. The normalized spacial score (nSPS) is 10.5. The van der Waals surface area contributed by atoms with Gasteiger partial charge in [0.05, 0.1) is 13.3 Å². The largest absolute Gasteiger partial charge is 0.504 e. The molecule has 1 aromatic carbocycles. The van der Waals surface area contributed by atoms with E-state index < -0.39 is 0 Å². The summed E-state index contributed by atoms with van der Waals surface area (Å²) < 4.78 is 5.76. The highest BCUT2D eigenvalue weighted by Crippen LogP contribution is 2.32. The summed E-state index contributed by atoms with van der Waals surface area (Å²) in [4.78, 5) is 4.52. The first-order valence-corrected chi connectivity index (χ1v) is 4.61. The van der Waals surface area contributed by atoms with Crippen molar-refractivity contribution in [1.82, 2.24) is 0 Å². The summed E-state index contributed by atoms with van der Waals surface area (Å²) in [6.07, 6.45) is 1.41. The van der Waals surface area contributed by atoms with Gasteiger partial charge in [-0.3, -0.25) is 0 Å². The van der Waals surface area contributed by atoms with E-state index in [1.807, 2.05) is 0 Å². The predicted octanol–water partition coefficient (Wildman–Crippen LogP) is 2.14. The maximum atomic E-state index is 9.65. The van der Waals surface area contributed by atoms with Gasteiger partial charge in [-0.15, -0.1) is 0 Å². The van der Waals surface area contributed by atoms with Crippen molar-refractivity contribution >= 4 is 22.1 Å². The minimum Gasteiger partial charge on any atom is -0.504 e. The Morgan fingerprint density at radius 3 is 2.71 bits per heavy atom. The molecule has 4 nitrogen and oxygen atoms in total. The van der Waals surface area contributed by atoms with E-state index in [9.17, 15) is 5.11 Å². The summed E-state index contributed by atoms with van der Waals surface area (Å²) in [5, 5.41) is 13.2. The molecule has 0 unspecified atom stereocenters. The molecule has 0 atom stereocenters. The summed E-state index contributed by atoms with van der Waals surface area (Å²) in [5.74, 6) is 0.424. The van der Waals surface area contributed by atoms with E-state index >= 15 is 0 Å². The van der Waals surface area contributed by atoms with Crippen LogP contribution in [0.2, 0.25) is 0 Å². The molecule has 0 aliphatic heterocycles. The van der Waals surface area contributed by atoms with E-state index in [1.165, 1.54) is 20.4 Å². The average molecular weight is 260 g/mol. The minimum atomic E-state index is 0.0384. The standard InChI is InChI=1S/C9H10BrNO3/c1-13-8-4-7(10)3-6(9(8)12)5-11-14-2/h3-5,12H,1-2H3. The number of ether oxygens (including phenoxy) is 1. The van der Waals surface area contributed by atoms with Crippen molar-refractivity contribution in [3.05, 3.63) is 22.2 Å². The van der Waals surface area contributed by atoms with E-state index in [2.05, 4.69) is 25.9 Å². The first kappa shape index (κ1) is 10.8. The molecule has 0 spiro atoms. The number of oxime groups is 1. The summed E-state index contributed by atoms with van der Waals surface area (Å²) in [6, 6.07) is 3.37. The molecule has 76 valence electrons. The SMILES string of the molecule is CON=Cc1cc(Br)cc(OC)c1O. The molecule has 0 aliphatic rings. The average Bonchev–Trinajstić information content (AvgIpc) is 2.18. The fourth-order valence-electron chi connectivity index (χ4n) is 0.958. The second-order valence-electron chi connectivity index (χ2n) is 2.46. The number of phenolic OH excluding ortho intramolecular Hbond substituents is 1. The molecule has 0 bridgehead atoms. The maximum absolute atomic E-state index is 9.65. The van der Waals surface area contributed by atoms with Crippen LogP contribution in [0.15, 0.2) is 21.8 Å². The van der Waals surface area contributed by atoms with Gasteiger partial charge in [0.1, 0.15) is 7.11 Å². The lowest BCUT2D eigenvalue weighted by atomic mass is 10.2. The van der Waals surface area contributed by atoms with E-state index in [1.54, 1.807) is 12.1 Å². The first-order valence-electron chi connectivity index (χ1n) is 3.82. The van der Waals surface area contributed by atoms with E-state index in [0.29, 0.717) is 11.3 Å². The molecule has 0 heterocycles. The smallest absolute Gasteiger partial charge is 0.166 e. The Bertz CT molecular complexity index is 352. The number of nitrogens with zero attached hydrogens (tertiary/aromatic N) is 1. The van der Waals surface area contributed by atoms with Crippen LogP contribution in [0.25, 0.3) is 0 Å². The number of aromatic hydroxyl groups is 1. The van der Waals surface area contributed by atoms with Crippen molar-refractivity contribution < 1.29 is 14.7 Å². The van der Waals surface area contributed by atoms with Gasteiger partial charge in [0.2, 0.25) is 0 Å².